The lowest BCUT2D eigenvalue weighted by molar-refractivity contribution is -0.0504. The molecule has 176 valence electrons. The monoisotopic (exact) mass is 560 g/mol. The third kappa shape index (κ3) is 7.11. The van der Waals surface area contributed by atoms with E-state index in [0.717, 1.165) is 43.1 Å². The fourth-order valence-electron chi connectivity index (χ4n) is 3.81. The molecule has 0 aromatic heterocycles. The van der Waals surface area contributed by atoms with Crippen molar-refractivity contribution in [2.75, 3.05) is 38.7 Å². The molecule has 0 saturated carbocycles. The molecule has 0 aliphatic carbocycles. The summed E-state index contributed by atoms with van der Waals surface area (Å²) in [6.45, 7) is 2.05. The number of halogens is 3. The van der Waals surface area contributed by atoms with Gasteiger partial charge in [0.15, 0.2) is 5.96 Å². The maximum atomic E-state index is 12.7. The van der Waals surface area contributed by atoms with Gasteiger partial charge >= 0.3 is 6.61 Å². The first-order chi connectivity index (χ1) is 15.0. The third-order valence-electron chi connectivity index (χ3n) is 5.37. The van der Waals surface area contributed by atoms with Crippen LogP contribution in [-0.4, -0.2) is 46.4 Å². The molecule has 1 saturated heterocycles. The van der Waals surface area contributed by atoms with E-state index >= 15 is 0 Å². The van der Waals surface area contributed by atoms with Crippen LogP contribution >= 0.6 is 24.0 Å². The maximum absolute atomic E-state index is 12.7. The average Bonchev–Trinajstić information content (AvgIpc) is 3.24. The number of nitrogens with zero attached hydrogens (tertiary/aromatic N) is 2. The summed E-state index contributed by atoms with van der Waals surface area (Å²) in [5, 5.41) is 6.54. The highest BCUT2D eigenvalue weighted by Crippen LogP contribution is 2.31. The van der Waals surface area contributed by atoms with Crippen LogP contribution in [0.1, 0.15) is 17.5 Å². The minimum Gasteiger partial charge on any atom is -0.495 e. The summed E-state index contributed by atoms with van der Waals surface area (Å²) < 4.78 is 35.5. The number of aliphatic imine (C=N–C) groups is 1. The summed E-state index contributed by atoms with van der Waals surface area (Å²) in [6, 6.07) is 13.2. The van der Waals surface area contributed by atoms with Crippen molar-refractivity contribution in [3.63, 3.8) is 0 Å². The topological polar surface area (TPSA) is 58.1 Å². The Hall–Kier alpha value is -2.30. The Bertz CT molecular complexity index is 898. The van der Waals surface area contributed by atoms with Crippen LogP contribution in [0.25, 0.3) is 0 Å². The van der Waals surface area contributed by atoms with Crippen molar-refractivity contribution in [1.82, 2.24) is 10.6 Å². The number of ether oxygens (including phenoxy) is 2. The number of alkyl halides is 2. The van der Waals surface area contributed by atoms with Gasteiger partial charge in [0.25, 0.3) is 0 Å². The fourth-order valence-corrected chi connectivity index (χ4v) is 3.81. The van der Waals surface area contributed by atoms with Crippen LogP contribution in [0, 0.1) is 12.8 Å². The molecular weight excluding hydrogens is 529 g/mol. The molecule has 0 spiro atoms. The molecule has 2 aromatic carbocycles. The van der Waals surface area contributed by atoms with Gasteiger partial charge in [0, 0.05) is 38.8 Å². The van der Waals surface area contributed by atoms with Crippen molar-refractivity contribution in [2.24, 2.45) is 10.9 Å². The largest absolute Gasteiger partial charge is 0.495 e. The molecule has 32 heavy (non-hydrogen) atoms. The highest BCUT2D eigenvalue weighted by molar-refractivity contribution is 14.0. The molecule has 6 nitrogen and oxygen atoms in total. The molecule has 3 rings (SSSR count). The van der Waals surface area contributed by atoms with E-state index < -0.39 is 6.61 Å². The van der Waals surface area contributed by atoms with E-state index in [1.54, 1.807) is 26.3 Å². The lowest BCUT2D eigenvalue weighted by Crippen LogP contribution is -2.40. The summed E-state index contributed by atoms with van der Waals surface area (Å²) >= 11 is 0. The minimum absolute atomic E-state index is 0. The number of para-hydroxylation sites is 2. The molecule has 2 aromatic rings. The van der Waals surface area contributed by atoms with Crippen molar-refractivity contribution in [2.45, 2.75) is 26.5 Å². The van der Waals surface area contributed by atoms with Crippen molar-refractivity contribution >= 4 is 35.6 Å². The van der Waals surface area contributed by atoms with E-state index in [2.05, 4.69) is 31.3 Å². The number of benzene rings is 2. The highest BCUT2D eigenvalue weighted by atomic mass is 127. The van der Waals surface area contributed by atoms with Crippen molar-refractivity contribution in [3.8, 4) is 11.5 Å². The van der Waals surface area contributed by atoms with Crippen LogP contribution < -0.4 is 25.0 Å². The molecule has 0 radical (unpaired) electrons. The predicted octanol–water partition coefficient (Wildman–Crippen LogP) is 4.41. The van der Waals surface area contributed by atoms with Gasteiger partial charge in [-0.15, -0.1) is 24.0 Å². The van der Waals surface area contributed by atoms with E-state index in [0.29, 0.717) is 24.0 Å². The Morgan fingerprint density at radius 2 is 1.97 bits per heavy atom. The second-order valence-electron chi connectivity index (χ2n) is 7.57. The van der Waals surface area contributed by atoms with E-state index in [1.807, 2.05) is 31.2 Å². The van der Waals surface area contributed by atoms with E-state index in [1.165, 1.54) is 0 Å². The molecule has 1 unspecified atom stereocenters. The van der Waals surface area contributed by atoms with E-state index in [-0.39, 0.29) is 29.7 Å². The highest BCUT2D eigenvalue weighted by Gasteiger charge is 2.24. The smallest absolute Gasteiger partial charge is 0.387 e. The lowest BCUT2D eigenvalue weighted by atomic mass is 10.1. The molecule has 2 N–H and O–H groups in total. The van der Waals surface area contributed by atoms with Gasteiger partial charge in [0.1, 0.15) is 11.5 Å². The summed E-state index contributed by atoms with van der Waals surface area (Å²) in [4.78, 5) is 6.59. The Morgan fingerprint density at radius 1 is 1.19 bits per heavy atom. The van der Waals surface area contributed by atoms with Crippen LogP contribution in [0.15, 0.2) is 47.5 Å². The number of anilines is 1. The zero-order valence-electron chi connectivity index (χ0n) is 18.6. The maximum Gasteiger partial charge on any atom is 0.387 e. The van der Waals surface area contributed by atoms with Crippen LogP contribution in [0.3, 0.4) is 0 Å². The van der Waals surface area contributed by atoms with Gasteiger partial charge in [-0.25, -0.2) is 0 Å². The van der Waals surface area contributed by atoms with Gasteiger partial charge in [-0.1, -0.05) is 29.8 Å². The molecule has 0 bridgehead atoms. The molecule has 1 aliphatic rings. The fraction of sp³-hybridized carbons (Fsp3) is 0.435. The Labute approximate surface area is 205 Å². The molecular formula is C23H31F2IN4O2. The molecule has 9 heteroatoms. The molecule has 1 heterocycles. The Kier molecular flexibility index (Phi) is 10.3. The van der Waals surface area contributed by atoms with Gasteiger partial charge in [-0.2, -0.15) is 8.78 Å². The summed E-state index contributed by atoms with van der Waals surface area (Å²) in [7, 11) is 3.38. The number of hydrogen-bond donors (Lipinski definition) is 2. The lowest BCUT2D eigenvalue weighted by Gasteiger charge is -2.21. The number of rotatable bonds is 8. The first kappa shape index (κ1) is 26.0. The van der Waals surface area contributed by atoms with E-state index in [9.17, 15) is 8.78 Å². The Balaban J connectivity index is 0.00000363. The first-order valence-electron chi connectivity index (χ1n) is 10.4. The average molecular weight is 560 g/mol. The number of nitrogens with one attached hydrogen (secondary N) is 2. The number of hydrogen-bond acceptors (Lipinski definition) is 4. The van der Waals surface area contributed by atoms with Gasteiger partial charge in [-0.05, 0) is 37.5 Å². The van der Waals surface area contributed by atoms with Crippen LogP contribution in [0.4, 0.5) is 14.5 Å². The number of methoxy groups -OCH3 is 1. The van der Waals surface area contributed by atoms with Crippen molar-refractivity contribution in [3.05, 3.63) is 53.6 Å². The number of guanidine groups is 1. The normalized spacial score (nSPS) is 16.0. The van der Waals surface area contributed by atoms with Crippen molar-refractivity contribution in [1.29, 1.82) is 0 Å². The van der Waals surface area contributed by atoms with Gasteiger partial charge in [-0.3, -0.25) is 4.99 Å². The van der Waals surface area contributed by atoms with Crippen LogP contribution in [0.2, 0.25) is 0 Å². The van der Waals surface area contributed by atoms with Crippen LogP contribution in [0.5, 0.6) is 11.5 Å². The standard InChI is InChI=1S/C23H30F2N4O2.HI/c1-16-8-9-20(31-22(24)25)18(12-16)14-28-23(26-2)27-13-17-10-11-29(15-17)19-6-4-5-7-21(19)30-3;/h4-9,12,17,22H,10-11,13-15H2,1-3H3,(H2,26,27,28);1H. The second-order valence-corrected chi connectivity index (χ2v) is 7.57. The minimum atomic E-state index is -2.85. The van der Waals surface area contributed by atoms with Gasteiger partial charge in [0.2, 0.25) is 0 Å². The molecule has 1 atom stereocenters. The van der Waals surface area contributed by atoms with Gasteiger partial charge in [0.05, 0.1) is 12.8 Å². The Morgan fingerprint density at radius 3 is 2.69 bits per heavy atom. The molecule has 0 amide bonds. The quantitative estimate of drug-likeness (QED) is 0.285. The zero-order chi connectivity index (χ0) is 22.2. The predicted molar refractivity (Wildman–Crippen MR) is 135 cm³/mol. The zero-order valence-corrected chi connectivity index (χ0v) is 20.9. The van der Waals surface area contributed by atoms with Gasteiger partial charge < -0.3 is 25.0 Å². The molecule has 1 fully saturated rings. The molecule has 1 aliphatic heterocycles. The summed E-state index contributed by atoms with van der Waals surface area (Å²) in [5.74, 6) is 2.14. The van der Waals surface area contributed by atoms with Crippen molar-refractivity contribution < 1.29 is 18.3 Å². The SMILES string of the molecule is CN=C(NCc1cc(C)ccc1OC(F)F)NCC1CCN(c2ccccc2OC)C1.I. The summed E-state index contributed by atoms with van der Waals surface area (Å²) in [6.07, 6.45) is 1.06. The first-order valence-corrected chi connectivity index (χ1v) is 10.4. The van der Waals surface area contributed by atoms with E-state index in [4.69, 9.17) is 4.74 Å². The number of aryl methyl sites for hydroxylation is 1. The second kappa shape index (κ2) is 12.7. The summed E-state index contributed by atoms with van der Waals surface area (Å²) in [5.41, 5.74) is 2.75. The third-order valence-corrected chi connectivity index (χ3v) is 5.37. The van der Waals surface area contributed by atoms with Crippen LogP contribution in [-0.2, 0) is 6.54 Å².